The highest BCUT2D eigenvalue weighted by Crippen LogP contribution is 2.20. The molecular weight excluding hydrogens is 348 g/mol. The Morgan fingerprint density at radius 3 is 2.50 bits per heavy atom. The Kier molecular flexibility index (Phi) is 5.17. The van der Waals surface area contributed by atoms with Crippen LogP contribution in [0.2, 0.25) is 5.02 Å². The molecule has 0 N–H and O–H groups in total. The molecule has 0 aliphatic carbocycles. The molecule has 3 aromatic rings. The first-order chi connectivity index (χ1) is 11.7. The zero-order valence-corrected chi connectivity index (χ0v) is 14.3. The summed E-state index contributed by atoms with van der Waals surface area (Å²) in [6.45, 7) is -0.0797. The van der Waals surface area contributed by atoms with E-state index in [1.807, 2.05) is 18.4 Å². The van der Waals surface area contributed by atoms with E-state index in [1.165, 1.54) is 0 Å². The molecule has 0 radical (unpaired) electrons. The number of aromatic nitrogens is 2. The summed E-state index contributed by atoms with van der Waals surface area (Å²) < 4.78 is 10.7. The second-order valence-electron chi connectivity index (χ2n) is 4.81. The fraction of sp³-hybridized carbons (Fsp3) is 0.118. The van der Waals surface area contributed by atoms with E-state index in [2.05, 4.69) is 10.2 Å². The topological polar surface area (TPSA) is 65.2 Å². The summed E-state index contributed by atoms with van der Waals surface area (Å²) in [5.41, 5.74) is 1.22. The predicted octanol–water partition coefficient (Wildman–Crippen LogP) is 4.47. The smallest absolute Gasteiger partial charge is 0.338 e. The standard InChI is InChI=1S/C17H13ClN2O3S/c1-24-14-8-4-12(5-9-14)17(21)22-10-15-19-20-16(23-15)11-2-6-13(18)7-3-11/h2-9H,10H2,1H3. The Balaban J connectivity index is 1.62. The highest BCUT2D eigenvalue weighted by molar-refractivity contribution is 7.98. The molecule has 0 saturated carbocycles. The second-order valence-corrected chi connectivity index (χ2v) is 6.13. The van der Waals surface area contributed by atoms with Gasteiger partial charge < -0.3 is 9.15 Å². The van der Waals surface area contributed by atoms with Crippen molar-refractivity contribution >= 4 is 29.3 Å². The van der Waals surface area contributed by atoms with Gasteiger partial charge in [-0.2, -0.15) is 0 Å². The molecular formula is C17H13ClN2O3S. The van der Waals surface area contributed by atoms with Gasteiger partial charge in [-0.25, -0.2) is 4.79 Å². The van der Waals surface area contributed by atoms with Gasteiger partial charge in [0.2, 0.25) is 5.89 Å². The molecule has 24 heavy (non-hydrogen) atoms. The first-order valence-corrected chi connectivity index (χ1v) is 8.65. The van der Waals surface area contributed by atoms with E-state index in [1.54, 1.807) is 48.2 Å². The van der Waals surface area contributed by atoms with Crippen LogP contribution in [-0.2, 0) is 11.3 Å². The minimum Gasteiger partial charge on any atom is -0.452 e. The molecule has 1 aromatic heterocycles. The molecule has 0 spiro atoms. The minimum absolute atomic E-state index is 0.0797. The van der Waals surface area contributed by atoms with Crippen LogP contribution in [-0.4, -0.2) is 22.4 Å². The van der Waals surface area contributed by atoms with Crippen molar-refractivity contribution in [2.75, 3.05) is 6.26 Å². The normalized spacial score (nSPS) is 10.6. The summed E-state index contributed by atoms with van der Waals surface area (Å²) in [4.78, 5) is 13.1. The fourth-order valence-corrected chi connectivity index (χ4v) is 2.49. The summed E-state index contributed by atoms with van der Waals surface area (Å²) in [6.07, 6.45) is 1.97. The van der Waals surface area contributed by atoms with E-state index in [9.17, 15) is 4.79 Å². The number of hydrogen-bond acceptors (Lipinski definition) is 6. The minimum atomic E-state index is -0.436. The molecule has 0 bridgehead atoms. The summed E-state index contributed by atoms with van der Waals surface area (Å²) in [7, 11) is 0. The molecule has 0 fully saturated rings. The molecule has 7 heteroatoms. The molecule has 0 unspecified atom stereocenters. The lowest BCUT2D eigenvalue weighted by molar-refractivity contribution is 0.0438. The number of esters is 1. The van der Waals surface area contributed by atoms with Gasteiger partial charge in [-0.15, -0.1) is 22.0 Å². The lowest BCUT2D eigenvalue weighted by Gasteiger charge is -2.02. The van der Waals surface area contributed by atoms with Crippen molar-refractivity contribution in [1.82, 2.24) is 10.2 Å². The summed E-state index contributed by atoms with van der Waals surface area (Å²) in [5.74, 6) is 0.143. The maximum atomic E-state index is 12.0. The van der Waals surface area contributed by atoms with Gasteiger partial charge in [-0.3, -0.25) is 0 Å². The quantitative estimate of drug-likeness (QED) is 0.494. The number of carbonyl (C=O) groups is 1. The maximum Gasteiger partial charge on any atom is 0.338 e. The number of hydrogen-bond donors (Lipinski definition) is 0. The lowest BCUT2D eigenvalue weighted by atomic mass is 10.2. The van der Waals surface area contributed by atoms with Crippen LogP contribution in [0.25, 0.3) is 11.5 Å². The molecule has 3 rings (SSSR count). The van der Waals surface area contributed by atoms with E-state index >= 15 is 0 Å². The van der Waals surface area contributed by atoms with E-state index in [-0.39, 0.29) is 12.5 Å². The van der Waals surface area contributed by atoms with Crippen molar-refractivity contribution < 1.29 is 13.9 Å². The van der Waals surface area contributed by atoms with Crippen LogP contribution >= 0.6 is 23.4 Å². The van der Waals surface area contributed by atoms with Crippen LogP contribution < -0.4 is 0 Å². The first-order valence-electron chi connectivity index (χ1n) is 7.05. The van der Waals surface area contributed by atoms with Crippen LogP contribution in [0.1, 0.15) is 16.2 Å². The van der Waals surface area contributed by atoms with Gasteiger partial charge in [0.1, 0.15) is 0 Å². The molecule has 0 atom stereocenters. The van der Waals surface area contributed by atoms with Crippen LogP contribution in [0.4, 0.5) is 0 Å². The third-order valence-corrected chi connectivity index (χ3v) is 4.21. The van der Waals surface area contributed by atoms with Crippen LogP contribution in [0.3, 0.4) is 0 Å². The van der Waals surface area contributed by atoms with Gasteiger partial charge in [0.05, 0.1) is 5.56 Å². The number of ether oxygens (including phenoxy) is 1. The van der Waals surface area contributed by atoms with E-state index in [0.29, 0.717) is 16.5 Å². The third kappa shape index (κ3) is 3.96. The maximum absolute atomic E-state index is 12.0. The van der Waals surface area contributed by atoms with Gasteiger partial charge in [-0.1, -0.05) is 11.6 Å². The molecule has 2 aromatic carbocycles. The molecule has 0 saturated heterocycles. The monoisotopic (exact) mass is 360 g/mol. The van der Waals surface area contributed by atoms with E-state index in [0.717, 1.165) is 10.5 Å². The van der Waals surface area contributed by atoms with E-state index < -0.39 is 5.97 Å². The molecule has 122 valence electrons. The number of nitrogens with zero attached hydrogens (tertiary/aromatic N) is 2. The highest BCUT2D eigenvalue weighted by atomic mass is 35.5. The first kappa shape index (κ1) is 16.5. The lowest BCUT2D eigenvalue weighted by Crippen LogP contribution is -2.05. The average Bonchev–Trinajstić information content (AvgIpc) is 3.09. The van der Waals surface area contributed by atoms with Gasteiger partial charge in [0.15, 0.2) is 6.61 Å². The van der Waals surface area contributed by atoms with Crippen molar-refractivity contribution in [3.8, 4) is 11.5 Å². The van der Waals surface area contributed by atoms with Crippen LogP contribution in [0.15, 0.2) is 57.8 Å². The van der Waals surface area contributed by atoms with E-state index in [4.69, 9.17) is 20.8 Å². The number of rotatable bonds is 5. The molecule has 0 aliphatic rings. The van der Waals surface area contributed by atoms with Gasteiger partial charge in [-0.05, 0) is 54.8 Å². The predicted molar refractivity (Wildman–Crippen MR) is 92.1 cm³/mol. The zero-order chi connectivity index (χ0) is 16.9. The summed E-state index contributed by atoms with van der Waals surface area (Å²) in [5, 5.41) is 8.44. The Labute approximate surface area is 148 Å². The second kappa shape index (κ2) is 7.51. The SMILES string of the molecule is CSc1ccc(C(=O)OCc2nnc(-c3ccc(Cl)cc3)o2)cc1. The number of carbonyl (C=O) groups excluding carboxylic acids is 1. The summed E-state index contributed by atoms with van der Waals surface area (Å²) in [6, 6.07) is 14.2. The third-order valence-electron chi connectivity index (χ3n) is 3.21. The van der Waals surface area contributed by atoms with Gasteiger partial charge >= 0.3 is 5.97 Å². The molecule has 0 amide bonds. The van der Waals surface area contributed by atoms with Crippen LogP contribution in [0.5, 0.6) is 0 Å². The molecule has 5 nitrogen and oxygen atoms in total. The number of benzene rings is 2. The fourth-order valence-electron chi connectivity index (χ4n) is 1.96. The van der Waals surface area contributed by atoms with Crippen molar-refractivity contribution in [1.29, 1.82) is 0 Å². The molecule has 1 heterocycles. The van der Waals surface area contributed by atoms with Crippen molar-refractivity contribution in [2.24, 2.45) is 0 Å². The largest absolute Gasteiger partial charge is 0.452 e. The van der Waals surface area contributed by atoms with Gasteiger partial charge in [0.25, 0.3) is 5.89 Å². The average molecular weight is 361 g/mol. The van der Waals surface area contributed by atoms with Crippen LogP contribution in [0, 0.1) is 0 Å². The Morgan fingerprint density at radius 2 is 1.83 bits per heavy atom. The molecule has 0 aliphatic heterocycles. The Morgan fingerprint density at radius 1 is 1.12 bits per heavy atom. The number of thioether (sulfide) groups is 1. The Hall–Kier alpha value is -2.31. The van der Waals surface area contributed by atoms with Crippen molar-refractivity contribution in [3.05, 3.63) is 65.0 Å². The number of halogens is 1. The van der Waals surface area contributed by atoms with Crippen molar-refractivity contribution in [3.63, 3.8) is 0 Å². The van der Waals surface area contributed by atoms with Crippen molar-refractivity contribution in [2.45, 2.75) is 11.5 Å². The Bertz CT molecular complexity index is 832. The zero-order valence-electron chi connectivity index (χ0n) is 12.7. The summed E-state index contributed by atoms with van der Waals surface area (Å²) >= 11 is 7.45. The van der Waals surface area contributed by atoms with Gasteiger partial charge in [0, 0.05) is 15.5 Å². The highest BCUT2D eigenvalue weighted by Gasteiger charge is 2.12.